The summed E-state index contributed by atoms with van der Waals surface area (Å²) in [6.45, 7) is 5.03. The first-order valence-corrected chi connectivity index (χ1v) is 11.5. The Bertz CT molecular complexity index is 729. The molecular weight excluding hydrogens is 348 g/mol. The molecule has 4 fully saturated rings. The van der Waals surface area contributed by atoms with Crippen molar-refractivity contribution in [1.29, 1.82) is 0 Å². The van der Waals surface area contributed by atoms with E-state index in [1.165, 1.54) is 51.4 Å². The van der Waals surface area contributed by atoms with Gasteiger partial charge < -0.3 is 5.73 Å². The number of ketones is 1. The molecule has 28 heavy (non-hydrogen) atoms. The van der Waals surface area contributed by atoms with Crippen LogP contribution in [0.3, 0.4) is 0 Å². The molecule has 0 spiro atoms. The van der Waals surface area contributed by atoms with Gasteiger partial charge in [-0.2, -0.15) is 15.0 Å². The SMILES string of the molecule is CC1(N)CC[C@@H]2C3CC[C@]4(C)[C@@H](C(=O)Cn5nccn5)CC[C@H]4[C@@H]3CC[C@@H]2C1. The van der Waals surface area contributed by atoms with Crippen molar-refractivity contribution in [2.75, 3.05) is 0 Å². The minimum atomic E-state index is 0.0581. The van der Waals surface area contributed by atoms with Crippen molar-refractivity contribution < 1.29 is 4.79 Å². The minimum Gasteiger partial charge on any atom is -0.325 e. The Labute approximate surface area is 168 Å². The Kier molecular flexibility index (Phi) is 4.46. The molecule has 5 heteroatoms. The van der Waals surface area contributed by atoms with Crippen LogP contribution in [0.1, 0.15) is 71.6 Å². The maximum atomic E-state index is 13.1. The molecule has 8 atom stereocenters. The van der Waals surface area contributed by atoms with Crippen LogP contribution in [0.4, 0.5) is 0 Å². The molecule has 2 unspecified atom stereocenters. The van der Waals surface area contributed by atoms with E-state index in [1.807, 2.05) is 0 Å². The summed E-state index contributed by atoms with van der Waals surface area (Å²) >= 11 is 0. The molecule has 4 aliphatic rings. The largest absolute Gasteiger partial charge is 0.325 e. The van der Waals surface area contributed by atoms with E-state index in [1.54, 1.807) is 17.2 Å². The Morgan fingerprint density at radius 2 is 1.75 bits per heavy atom. The third kappa shape index (κ3) is 2.96. The molecule has 1 aromatic heterocycles. The van der Waals surface area contributed by atoms with Crippen molar-refractivity contribution >= 4 is 5.78 Å². The zero-order valence-corrected chi connectivity index (χ0v) is 17.5. The van der Waals surface area contributed by atoms with Gasteiger partial charge in [0.25, 0.3) is 0 Å². The highest BCUT2D eigenvalue weighted by molar-refractivity contribution is 5.81. The first-order valence-electron chi connectivity index (χ1n) is 11.5. The van der Waals surface area contributed by atoms with Crippen molar-refractivity contribution in [3.05, 3.63) is 12.4 Å². The van der Waals surface area contributed by atoms with Crippen LogP contribution in [0.2, 0.25) is 0 Å². The predicted molar refractivity (Wildman–Crippen MR) is 108 cm³/mol. The molecule has 1 aromatic rings. The number of carbonyl (C=O) groups is 1. The number of carbonyl (C=O) groups excluding carboxylic acids is 1. The van der Waals surface area contributed by atoms with Crippen LogP contribution in [-0.2, 0) is 11.3 Å². The lowest BCUT2D eigenvalue weighted by Crippen LogP contribution is -2.52. The molecule has 0 saturated heterocycles. The van der Waals surface area contributed by atoms with Crippen LogP contribution < -0.4 is 5.73 Å². The highest BCUT2D eigenvalue weighted by Crippen LogP contribution is 2.64. The Morgan fingerprint density at radius 3 is 2.54 bits per heavy atom. The quantitative estimate of drug-likeness (QED) is 0.859. The second-order valence-electron chi connectivity index (χ2n) is 11.0. The van der Waals surface area contributed by atoms with Gasteiger partial charge in [-0.3, -0.25) is 4.79 Å². The first kappa shape index (κ1) is 18.8. The highest BCUT2D eigenvalue weighted by Gasteiger charge is 2.58. The van der Waals surface area contributed by atoms with E-state index in [4.69, 9.17) is 5.73 Å². The van der Waals surface area contributed by atoms with Crippen molar-refractivity contribution in [2.45, 2.75) is 83.7 Å². The van der Waals surface area contributed by atoms with Crippen LogP contribution in [-0.4, -0.2) is 26.3 Å². The summed E-state index contributed by atoms with van der Waals surface area (Å²) in [6.07, 6.45) is 14.7. The number of fused-ring (bicyclic) bond motifs is 5. The molecule has 5 rings (SSSR count). The fourth-order valence-electron chi connectivity index (χ4n) is 8.24. The van der Waals surface area contributed by atoms with E-state index in [2.05, 4.69) is 24.0 Å². The Morgan fingerprint density at radius 1 is 1.00 bits per heavy atom. The zero-order valence-electron chi connectivity index (χ0n) is 17.5. The van der Waals surface area contributed by atoms with E-state index < -0.39 is 0 Å². The molecule has 0 aliphatic heterocycles. The summed E-state index contributed by atoms with van der Waals surface area (Å²) in [5, 5.41) is 8.30. The van der Waals surface area contributed by atoms with Crippen molar-refractivity contribution in [2.24, 2.45) is 46.7 Å². The first-order chi connectivity index (χ1) is 13.4. The van der Waals surface area contributed by atoms with Gasteiger partial charge in [0.15, 0.2) is 5.78 Å². The van der Waals surface area contributed by atoms with E-state index in [0.717, 1.165) is 36.0 Å². The number of hydrogen-bond acceptors (Lipinski definition) is 4. The predicted octanol–water partition coefficient (Wildman–Crippen LogP) is 3.83. The van der Waals surface area contributed by atoms with Gasteiger partial charge >= 0.3 is 0 Å². The highest BCUT2D eigenvalue weighted by atomic mass is 16.1. The summed E-state index contributed by atoms with van der Waals surface area (Å²) in [7, 11) is 0. The normalized spacial score (nSPS) is 47.8. The lowest BCUT2D eigenvalue weighted by Gasteiger charge is -2.57. The maximum absolute atomic E-state index is 13.1. The van der Waals surface area contributed by atoms with Crippen molar-refractivity contribution in [3.63, 3.8) is 0 Å². The summed E-state index contributed by atoms with van der Waals surface area (Å²) in [6, 6.07) is 0. The molecule has 4 aliphatic carbocycles. The van der Waals surface area contributed by atoms with Crippen LogP contribution in [0.15, 0.2) is 12.4 Å². The van der Waals surface area contributed by atoms with E-state index in [0.29, 0.717) is 12.3 Å². The monoisotopic (exact) mass is 384 g/mol. The van der Waals surface area contributed by atoms with Gasteiger partial charge in [0, 0.05) is 11.5 Å². The average molecular weight is 385 g/mol. The molecule has 0 bridgehead atoms. The molecule has 4 saturated carbocycles. The fourth-order valence-corrected chi connectivity index (χ4v) is 8.24. The third-order valence-corrected chi connectivity index (χ3v) is 9.45. The third-order valence-electron chi connectivity index (χ3n) is 9.45. The topological polar surface area (TPSA) is 73.8 Å². The van der Waals surface area contributed by atoms with Gasteiger partial charge in [-0.1, -0.05) is 6.92 Å². The molecule has 0 radical (unpaired) electrons. The van der Waals surface area contributed by atoms with Crippen LogP contribution in [0, 0.1) is 40.9 Å². The number of Topliss-reactive ketones (excluding diaryl/α,β-unsaturated/α-hetero) is 1. The van der Waals surface area contributed by atoms with E-state index >= 15 is 0 Å². The standard InChI is InChI=1S/C23H36N4O/c1-22(24)9-7-16-15(13-22)3-4-18-17(16)8-10-23(2)19(18)5-6-20(23)21(28)14-27-25-11-12-26-27/h11-12,15-20H,3-10,13-14,24H2,1-2H3/t15-,16+,17?,18-,19+,20-,22?,23+/m1/s1. The summed E-state index contributed by atoms with van der Waals surface area (Å²) < 4.78 is 0. The molecule has 5 nitrogen and oxygen atoms in total. The Balaban J connectivity index is 1.32. The summed E-state index contributed by atoms with van der Waals surface area (Å²) in [4.78, 5) is 14.7. The smallest absolute Gasteiger partial charge is 0.159 e. The lowest BCUT2D eigenvalue weighted by molar-refractivity contribution is -0.131. The Hall–Kier alpha value is -1.23. The summed E-state index contributed by atoms with van der Waals surface area (Å²) in [5.74, 6) is 4.74. The van der Waals surface area contributed by atoms with E-state index in [-0.39, 0.29) is 16.9 Å². The number of rotatable bonds is 3. The molecule has 154 valence electrons. The van der Waals surface area contributed by atoms with Crippen molar-refractivity contribution in [1.82, 2.24) is 15.0 Å². The van der Waals surface area contributed by atoms with Crippen molar-refractivity contribution in [3.8, 4) is 0 Å². The number of nitrogens with two attached hydrogens (primary N) is 1. The second kappa shape index (κ2) is 6.65. The van der Waals surface area contributed by atoms with Crippen LogP contribution >= 0.6 is 0 Å². The molecule has 1 heterocycles. The molecule has 0 aromatic carbocycles. The van der Waals surface area contributed by atoms with Crippen LogP contribution in [0.25, 0.3) is 0 Å². The van der Waals surface area contributed by atoms with Gasteiger partial charge in [-0.15, -0.1) is 0 Å². The van der Waals surface area contributed by atoms with E-state index in [9.17, 15) is 4.79 Å². The average Bonchev–Trinajstić information content (AvgIpc) is 3.27. The second-order valence-corrected chi connectivity index (χ2v) is 11.0. The van der Waals surface area contributed by atoms with Gasteiger partial charge in [0.05, 0.1) is 12.4 Å². The number of nitrogens with zero attached hydrogens (tertiary/aromatic N) is 3. The number of aromatic nitrogens is 3. The van der Waals surface area contributed by atoms with Gasteiger partial charge in [0.1, 0.15) is 6.54 Å². The molecule has 2 N–H and O–H groups in total. The molecular formula is C23H36N4O. The minimum absolute atomic E-state index is 0.0581. The van der Waals surface area contributed by atoms with Gasteiger partial charge in [-0.05, 0) is 99.7 Å². The van der Waals surface area contributed by atoms with Crippen LogP contribution in [0.5, 0.6) is 0 Å². The maximum Gasteiger partial charge on any atom is 0.159 e. The number of hydrogen-bond donors (Lipinski definition) is 1. The fraction of sp³-hybridized carbons (Fsp3) is 0.870. The zero-order chi connectivity index (χ0) is 19.5. The van der Waals surface area contributed by atoms with Gasteiger partial charge in [-0.25, -0.2) is 0 Å². The summed E-state index contributed by atoms with van der Waals surface area (Å²) in [5.41, 5.74) is 6.76. The molecule has 0 amide bonds. The van der Waals surface area contributed by atoms with Gasteiger partial charge in [0.2, 0.25) is 0 Å². The lowest BCUT2D eigenvalue weighted by atomic mass is 9.48.